The van der Waals surface area contributed by atoms with Crippen LogP contribution in [0.5, 0.6) is 5.75 Å². The summed E-state index contributed by atoms with van der Waals surface area (Å²) in [5.74, 6) is -0.696. The summed E-state index contributed by atoms with van der Waals surface area (Å²) in [6, 6.07) is 4.21. The molecule has 3 unspecified atom stereocenters. The number of hydrogen-bond donors (Lipinski definition) is 6. The molecule has 0 aliphatic carbocycles. The second kappa shape index (κ2) is 12.5. The monoisotopic (exact) mass is 589 g/mol. The Morgan fingerprint density at radius 2 is 1.98 bits per heavy atom. The number of benzene rings is 1. The van der Waals surface area contributed by atoms with Gasteiger partial charge in [-0.15, -0.1) is 0 Å². The van der Waals surface area contributed by atoms with Crippen molar-refractivity contribution < 1.29 is 47.3 Å². The molecule has 2 aliphatic heterocycles. The molecule has 1 aromatic carbocycles. The minimum Gasteiger partial charge on any atom is -0.462 e. The van der Waals surface area contributed by atoms with Gasteiger partial charge in [0, 0.05) is 12.7 Å². The molecular weight excluding hydrogens is 552 g/mol. The molecule has 1 saturated heterocycles. The molecule has 40 heavy (non-hydrogen) atoms. The van der Waals surface area contributed by atoms with E-state index in [1.807, 2.05) is 0 Å². The van der Waals surface area contributed by atoms with Crippen molar-refractivity contribution in [2.24, 2.45) is 11.5 Å². The first-order valence-corrected chi connectivity index (χ1v) is 14.1. The van der Waals surface area contributed by atoms with E-state index in [4.69, 9.17) is 30.0 Å². The number of hydrogen-bond acceptors (Lipinski definition) is 11. The second-order valence-electron chi connectivity index (χ2n) is 10.1. The maximum Gasteiger partial charge on any atom is 0.459 e. The lowest BCUT2D eigenvalue weighted by Gasteiger charge is -2.35. The van der Waals surface area contributed by atoms with Crippen LogP contribution in [-0.4, -0.2) is 82.2 Å². The van der Waals surface area contributed by atoms with Crippen LogP contribution in [0.4, 0.5) is 9.18 Å². The Hall–Kier alpha value is -2.62. The lowest BCUT2D eigenvalue weighted by Crippen LogP contribution is -2.59. The minimum atomic E-state index is -4.51. The molecule has 2 aliphatic rings. The van der Waals surface area contributed by atoms with Crippen LogP contribution in [0.3, 0.4) is 0 Å². The third-order valence-corrected chi connectivity index (χ3v) is 7.90. The van der Waals surface area contributed by atoms with E-state index < -0.39 is 74.9 Å². The number of amides is 2. The lowest BCUT2D eigenvalue weighted by atomic mass is 9.88. The van der Waals surface area contributed by atoms with Gasteiger partial charge < -0.3 is 41.0 Å². The molecule has 14 nitrogen and oxygen atoms in total. The topological polar surface area (TPSA) is 208 Å². The summed E-state index contributed by atoms with van der Waals surface area (Å²) in [5.41, 5.74) is 7.52. The van der Waals surface area contributed by atoms with Gasteiger partial charge in [0.15, 0.2) is 11.8 Å². The molecule has 2 amide bonds. The normalized spacial score (nSPS) is 30.6. The summed E-state index contributed by atoms with van der Waals surface area (Å²) in [5, 5.41) is 26.9. The van der Waals surface area contributed by atoms with Gasteiger partial charge in [-0.3, -0.25) is 14.2 Å². The van der Waals surface area contributed by atoms with Crippen molar-refractivity contribution in [2.75, 3.05) is 13.3 Å². The smallest absolute Gasteiger partial charge is 0.459 e. The van der Waals surface area contributed by atoms with Gasteiger partial charge in [-0.2, -0.15) is 5.09 Å². The van der Waals surface area contributed by atoms with Crippen LogP contribution < -0.4 is 26.4 Å². The number of aliphatic hydroxyl groups is 2. The Labute approximate surface area is 231 Å². The van der Waals surface area contributed by atoms with Crippen molar-refractivity contribution >= 4 is 19.7 Å². The molecule has 0 aromatic heterocycles. The van der Waals surface area contributed by atoms with Crippen LogP contribution in [0.1, 0.15) is 33.3 Å². The standard InChI is InChI=1S/C24H37FN5O9P/c1-14(2)37-19(31)15(3)29-40(35,39-17-7-5-16(11-26)6-8-17)36-13-24(12-25)20(32)23(4,34)21(38-24)30-10-9-18(27)28-22(30)33/h5-10,14-15,18,20-21,32,34H,11-13,26-27H2,1-4H3,(H,28,33)(H,29,35)/t15?,18?,20-,21+,23+,24+,40?/m0/s1. The molecule has 8 N–H and O–H groups in total. The van der Waals surface area contributed by atoms with Gasteiger partial charge in [-0.1, -0.05) is 12.1 Å². The van der Waals surface area contributed by atoms with Crippen LogP contribution in [0.15, 0.2) is 36.5 Å². The maximum atomic E-state index is 14.6. The number of halogens is 1. The second-order valence-corrected chi connectivity index (χ2v) is 11.8. The predicted octanol–water partition coefficient (Wildman–Crippen LogP) is 0.579. The summed E-state index contributed by atoms with van der Waals surface area (Å²) in [6.45, 7) is 3.67. The summed E-state index contributed by atoms with van der Waals surface area (Å²) in [7, 11) is -4.51. The third kappa shape index (κ3) is 6.98. The van der Waals surface area contributed by atoms with Crippen LogP contribution in [0.25, 0.3) is 0 Å². The first kappa shape index (κ1) is 31.9. The van der Waals surface area contributed by atoms with Gasteiger partial charge in [-0.25, -0.2) is 13.8 Å². The Kier molecular flexibility index (Phi) is 9.96. The zero-order valence-corrected chi connectivity index (χ0v) is 23.5. The van der Waals surface area contributed by atoms with Gasteiger partial charge in [0.25, 0.3) is 0 Å². The number of alkyl halides is 1. The Bertz CT molecular complexity index is 1140. The fourth-order valence-corrected chi connectivity index (χ4v) is 5.65. The summed E-state index contributed by atoms with van der Waals surface area (Å²) >= 11 is 0. The zero-order valence-electron chi connectivity index (χ0n) is 22.7. The molecule has 224 valence electrons. The molecule has 2 heterocycles. The van der Waals surface area contributed by atoms with E-state index in [0.717, 1.165) is 17.4 Å². The maximum absolute atomic E-state index is 14.6. The molecule has 0 bridgehead atoms. The van der Waals surface area contributed by atoms with Crippen molar-refractivity contribution in [3.05, 3.63) is 42.1 Å². The van der Waals surface area contributed by atoms with Gasteiger partial charge in [0.05, 0.1) is 18.9 Å². The molecule has 0 radical (unpaired) electrons. The lowest BCUT2D eigenvalue weighted by molar-refractivity contribution is -0.149. The number of urea groups is 1. The summed E-state index contributed by atoms with van der Waals surface area (Å²) in [6.07, 6.45) is -2.19. The van der Waals surface area contributed by atoms with E-state index in [1.165, 1.54) is 31.3 Å². The van der Waals surface area contributed by atoms with E-state index in [9.17, 15) is 28.8 Å². The van der Waals surface area contributed by atoms with Crippen molar-refractivity contribution in [3.63, 3.8) is 0 Å². The molecule has 3 rings (SSSR count). The van der Waals surface area contributed by atoms with E-state index in [-0.39, 0.29) is 12.3 Å². The Balaban J connectivity index is 1.88. The molecule has 7 atom stereocenters. The number of carbonyl (C=O) groups excluding carboxylic acids is 2. The number of aliphatic hydroxyl groups excluding tert-OH is 1. The summed E-state index contributed by atoms with van der Waals surface area (Å²) < 4.78 is 50.5. The highest BCUT2D eigenvalue weighted by molar-refractivity contribution is 7.52. The van der Waals surface area contributed by atoms with Crippen LogP contribution in [0.2, 0.25) is 0 Å². The molecule has 0 spiro atoms. The van der Waals surface area contributed by atoms with Crippen LogP contribution in [-0.2, 0) is 29.9 Å². The van der Waals surface area contributed by atoms with E-state index in [2.05, 4.69) is 10.4 Å². The minimum absolute atomic E-state index is 0.0657. The molecule has 16 heteroatoms. The number of carbonyl (C=O) groups is 2. The fourth-order valence-electron chi connectivity index (χ4n) is 4.10. The number of ether oxygens (including phenoxy) is 2. The first-order chi connectivity index (χ1) is 18.7. The first-order valence-electron chi connectivity index (χ1n) is 12.5. The molecule has 1 fully saturated rings. The van der Waals surface area contributed by atoms with Gasteiger partial charge in [-0.05, 0) is 51.5 Å². The van der Waals surface area contributed by atoms with Crippen LogP contribution >= 0.6 is 7.75 Å². The van der Waals surface area contributed by atoms with Crippen LogP contribution in [0, 0.1) is 0 Å². The largest absolute Gasteiger partial charge is 0.462 e. The Morgan fingerprint density at radius 3 is 2.52 bits per heavy atom. The number of rotatable bonds is 12. The zero-order chi connectivity index (χ0) is 29.9. The number of esters is 1. The molecular formula is C24H37FN5O9P. The van der Waals surface area contributed by atoms with Crippen molar-refractivity contribution in [1.29, 1.82) is 0 Å². The SMILES string of the molecule is CC(C)OC(=O)C(C)NP(=O)(OC[C@@]1(CF)O[C@@H](N2C=CC(N)NC2=O)[C@](C)(O)[C@@H]1O)Oc1ccc(CN)cc1. The van der Waals surface area contributed by atoms with E-state index >= 15 is 0 Å². The highest BCUT2D eigenvalue weighted by Crippen LogP contribution is 2.49. The average molecular weight is 590 g/mol. The fraction of sp³-hybridized carbons (Fsp3) is 0.583. The number of nitrogens with zero attached hydrogens (tertiary/aromatic N) is 1. The predicted molar refractivity (Wildman–Crippen MR) is 140 cm³/mol. The van der Waals surface area contributed by atoms with Gasteiger partial charge in [0.2, 0.25) is 0 Å². The number of nitrogens with two attached hydrogens (primary N) is 2. The van der Waals surface area contributed by atoms with Gasteiger partial charge >= 0.3 is 19.7 Å². The summed E-state index contributed by atoms with van der Waals surface area (Å²) in [4.78, 5) is 25.8. The van der Waals surface area contributed by atoms with Crippen molar-refractivity contribution in [3.8, 4) is 5.75 Å². The van der Waals surface area contributed by atoms with Gasteiger partial charge in [0.1, 0.15) is 30.2 Å². The Morgan fingerprint density at radius 1 is 1.32 bits per heavy atom. The van der Waals surface area contributed by atoms with E-state index in [0.29, 0.717) is 0 Å². The molecule has 0 saturated carbocycles. The average Bonchev–Trinajstić information content (AvgIpc) is 3.08. The third-order valence-electron chi connectivity index (χ3n) is 6.28. The van der Waals surface area contributed by atoms with Crippen molar-refractivity contribution in [2.45, 2.75) is 76.1 Å². The van der Waals surface area contributed by atoms with E-state index in [1.54, 1.807) is 26.0 Å². The highest BCUT2D eigenvalue weighted by Gasteiger charge is 2.64. The quantitative estimate of drug-likeness (QED) is 0.146. The van der Waals surface area contributed by atoms with Crippen molar-refractivity contribution in [1.82, 2.24) is 15.3 Å². The number of nitrogens with one attached hydrogen (secondary N) is 2. The molecule has 1 aromatic rings. The highest BCUT2D eigenvalue weighted by atomic mass is 31.2.